The van der Waals surface area contributed by atoms with Crippen molar-refractivity contribution in [2.75, 3.05) is 23.4 Å². The third kappa shape index (κ3) is 4.49. The number of rotatable bonds is 6. The van der Waals surface area contributed by atoms with E-state index in [9.17, 15) is 14.4 Å². The maximum absolute atomic E-state index is 12.7. The van der Waals surface area contributed by atoms with Crippen molar-refractivity contribution in [3.63, 3.8) is 0 Å². The number of benzene rings is 2. The molecule has 0 bridgehead atoms. The highest BCUT2D eigenvalue weighted by Gasteiger charge is 2.31. The van der Waals surface area contributed by atoms with E-state index in [1.807, 2.05) is 31.2 Å². The zero-order valence-corrected chi connectivity index (χ0v) is 15.8. The smallest absolute Gasteiger partial charge is 0.310 e. The minimum atomic E-state index is -1.01. The van der Waals surface area contributed by atoms with Gasteiger partial charge < -0.3 is 14.8 Å². The molecule has 0 unspecified atom stereocenters. The molecule has 7 nitrogen and oxygen atoms in total. The van der Waals surface area contributed by atoms with Crippen LogP contribution in [0.1, 0.15) is 18.9 Å². The van der Waals surface area contributed by atoms with E-state index in [0.717, 1.165) is 5.56 Å². The number of nitrogens with zero attached hydrogens (tertiary/aromatic N) is 1. The molecular weight excluding hydrogens is 360 g/mol. The Morgan fingerprint density at radius 1 is 1.14 bits per heavy atom. The molecule has 0 aromatic heterocycles. The number of ether oxygens (including phenoxy) is 2. The summed E-state index contributed by atoms with van der Waals surface area (Å²) in [5.41, 5.74) is 2.11. The van der Waals surface area contributed by atoms with E-state index in [-0.39, 0.29) is 25.5 Å². The summed E-state index contributed by atoms with van der Waals surface area (Å²) >= 11 is 0. The van der Waals surface area contributed by atoms with E-state index >= 15 is 0 Å². The van der Waals surface area contributed by atoms with E-state index in [2.05, 4.69) is 5.32 Å². The van der Waals surface area contributed by atoms with Gasteiger partial charge in [0.05, 0.1) is 24.4 Å². The lowest BCUT2D eigenvalue weighted by molar-refractivity contribution is -0.154. The van der Waals surface area contributed by atoms with Gasteiger partial charge in [-0.3, -0.25) is 19.3 Å². The second-order valence-electron chi connectivity index (χ2n) is 6.49. The standard InChI is InChI=1S/C21H22N2O5/c1-14-7-3-6-10-18(14)27-12-11-20(25)28-15(2)21(26)23-13-19(24)22-16-8-4-5-9-17(16)23/h3-10,15H,11-13H2,1-2H3,(H,22,24)/t15-/m1/s1. The second-order valence-corrected chi connectivity index (χ2v) is 6.49. The first-order valence-corrected chi connectivity index (χ1v) is 9.04. The van der Waals surface area contributed by atoms with Gasteiger partial charge in [0.1, 0.15) is 12.3 Å². The molecule has 3 rings (SSSR count). The van der Waals surface area contributed by atoms with Crippen molar-refractivity contribution in [1.82, 2.24) is 0 Å². The summed E-state index contributed by atoms with van der Waals surface area (Å²) in [6, 6.07) is 14.5. The molecule has 1 aliphatic rings. The van der Waals surface area contributed by atoms with Crippen LogP contribution in [0.4, 0.5) is 11.4 Å². The molecule has 1 N–H and O–H groups in total. The van der Waals surface area contributed by atoms with Gasteiger partial charge in [-0.15, -0.1) is 0 Å². The van der Waals surface area contributed by atoms with E-state index < -0.39 is 18.0 Å². The summed E-state index contributed by atoms with van der Waals surface area (Å²) in [6.45, 7) is 3.45. The Bertz CT molecular complexity index is 896. The van der Waals surface area contributed by atoms with Crippen LogP contribution in [0.2, 0.25) is 0 Å². The van der Waals surface area contributed by atoms with Crippen molar-refractivity contribution in [3.8, 4) is 5.75 Å². The average molecular weight is 382 g/mol. The fourth-order valence-electron chi connectivity index (χ4n) is 2.92. The molecule has 7 heteroatoms. The maximum Gasteiger partial charge on any atom is 0.310 e. The van der Waals surface area contributed by atoms with E-state index in [1.54, 1.807) is 24.3 Å². The summed E-state index contributed by atoms with van der Waals surface area (Å²) in [6.07, 6.45) is -0.992. The fourth-order valence-corrected chi connectivity index (χ4v) is 2.92. The lowest BCUT2D eigenvalue weighted by Gasteiger charge is -2.30. The summed E-state index contributed by atoms with van der Waals surface area (Å²) in [4.78, 5) is 38.0. The Kier molecular flexibility index (Phi) is 5.93. The first-order valence-electron chi connectivity index (χ1n) is 9.04. The number of carbonyl (C=O) groups excluding carboxylic acids is 3. The van der Waals surface area contributed by atoms with Gasteiger partial charge in [0.2, 0.25) is 5.91 Å². The van der Waals surface area contributed by atoms with E-state index in [4.69, 9.17) is 9.47 Å². The topological polar surface area (TPSA) is 84.9 Å². The van der Waals surface area contributed by atoms with Gasteiger partial charge in [-0.25, -0.2) is 0 Å². The minimum absolute atomic E-state index is 0.0169. The van der Waals surface area contributed by atoms with Crippen LogP contribution in [0.15, 0.2) is 48.5 Å². The molecule has 1 heterocycles. The van der Waals surface area contributed by atoms with Crippen molar-refractivity contribution in [3.05, 3.63) is 54.1 Å². The molecule has 0 aliphatic carbocycles. The van der Waals surface area contributed by atoms with Gasteiger partial charge in [0.25, 0.3) is 5.91 Å². The lowest BCUT2D eigenvalue weighted by Crippen LogP contribution is -2.47. The third-order valence-electron chi connectivity index (χ3n) is 4.35. The zero-order valence-electron chi connectivity index (χ0n) is 15.8. The molecule has 0 fully saturated rings. The average Bonchev–Trinajstić information content (AvgIpc) is 2.68. The molecule has 146 valence electrons. The predicted octanol–water partition coefficient (Wildman–Crippen LogP) is 2.68. The van der Waals surface area contributed by atoms with Gasteiger partial charge >= 0.3 is 5.97 Å². The summed E-state index contributed by atoms with van der Waals surface area (Å²) in [7, 11) is 0. The largest absolute Gasteiger partial charge is 0.493 e. The number of aryl methyl sites for hydroxylation is 1. The fraction of sp³-hybridized carbons (Fsp3) is 0.286. The Balaban J connectivity index is 1.55. The van der Waals surface area contributed by atoms with Gasteiger partial charge in [-0.05, 0) is 37.6 Å². The van der Waals surface area contributed by atoms with Crippen molar-refractivity contribution in [2.24, 2.45) is 0 Å². The van der Waals surface area contributed by atoms with Crippen LogP contribution in [0, 0.1) is 6.92 Å². The van der Waals surface area contributed by atoms with Crippen LogP contribution < -0.4 is 15.0 Å². The normalized spacial score (nSPS) is 13.9. The predicted molar refractivity (Wildman–Crippen MR) is 104 cm³/mol. The van der Waals surface area contributed by atoms with E-state index in [0.29, 0.717) is 17.1 Å². The Morgan fingerprint density at radius 3 is 2.64 bits per heavy atom. The lowest BCUT2D eigenvalue weighted by atomic mass is 10.1. The van der Waals surface area contributed by atoms with Crippen LogP contribution in [-0.4, -0.2) is 37.0 Å². The molecule has 2 aromatic carbocycles. The summed E-state index contributed by atoms with van der Waals surface area (Å²) in [5.74, 6) is -0.577. The number of esters is 1. The zero-order chi connectivity index (χ0) is 20.1. The molecule has 28 heavy (non-hydrogen) atoms. The number of para-hydroxylation sites is 3. The number of hydrogen-bond acceptors (Lipinski definition) is 5. The molecule has 0 radical (unpaired) electrons. The third-order valence-corrected chi connectivity index (χ3v) is 4.35. The first kappa shape index (κ1) is 19.4. The summed E-state index contributed by atoms with van der Waals surface area (Å²) < 4.78 is 10.8. The number of anilines is 2. The van der Waals surface area contributed by atoms with Gasteiger partial charge in [0.15, 0.2) is 6.10 Å². The molecular formula is C21H22N2O5. The Morgan fingerprint density at radius 2 is 1.86 bits per heavy atom. The number of nitrogens with one attached hydrogen (secondary N) is 1. The first-order chi connectivity index (χ1) is 13.5. The van der Waals surface area contributed by atoms with Crippen LogP contribution in [0.5, 0.6) is 5.75 Å². The Labute approximate surface area is 163 Å². The number of carbonyl (C=O) groups is 3. The van der Waals surface area contributed by atoms with E-state index in [1.165, 1.54) is 11.8 Å². The quantitative estimate of drug-likeness (QED) is 0.777. The highest BCUT2D eigenvalue weighted by atomic mass is 16.6. The van der Waals surface area contributed by atoms with Crippen molar-refractivity contribution < 1.29 is 23.9 Å². The molecule has 2 amide bonds. The molecule has 1 atom stereocenters. The monoisotopic (exact) mass is 382 g/mol. The number of hydrogen-bond donors (Lipinski definition) is 1. The van der Waals surface area contributed by atoms with Gasteiger partial charge in [-0.1, -0.05) is 30.3 Å². The van der Waals surface area contributed by atoms with Crippen molar-refractivity contribution >= 4 is 29.2 Å². The highest BCUT2D eigenvalue weighted by Crippen LogP contribution is 2.29. The molecule has 0 spiro atoms. The van der Waals surface area contributed by atoms with Crippen molar-refractivity contribution in [2.45, 2.75) is 26.4 Å². The number of fused-ring (bicyclic) bond motifs is 1. The van der Waals surface area contributed by atoms with Crippen LogP contribution in [0.25, 0.3) is 0 Å². The van der Waals surface area contributed by atoms with Gasteiger partial charge in [-0.2, -0.15) is 0 Å². The van der Waals surface area contributed by atoms with Crippen LogP contribution in [0.3, 0.4) is 0 Å². The molecule has 0 saturated carbocycles. The second kappa shape index (κ2) is 8.56. The van der Waals surface area contributed by atoms with Gasteiger partial charge in [0, 0.05) is 0 Å². The molecule has 1 aliphatic heterocycles. The summed E-state index contributed by atoms with van der Waals surface area (Å²) in [5, 5.41) is 2.72. The minimum Gasteiger partial charge on any atom is -0.493 e. The van der Waals surface area contributed by atoms with Crippen LogP contribution in [-0.2, 0) is 19.1 Å². The van der Waals surface area contributed by atoms with Crippen molar-refractivity contribution in [1.29, 1.82) is 0 Å². The SMILES string of the molecule is Cc1ccccc1OCCC(=O)O[C@H](C)C(=O)N1CC(=O)Nc2ccccc21. The van der Waals surface area contributed by atoms with Crippen LogP contribution >= 0.6 is 0 Å². The number of amides is 2. The molecule has 0 saturated heterocycles. The maximum atomic E-state index is 12.7. The Hall–Kier alpha value is -3.35. The molecule has 2 aromatic rings. The highest BCUT2D eigenvalue weighted by molar-refractivity contribution is 6.11.